The van der Waals surface area contributed by atoms with Gasteiger partial charge in [0.1, 0.15) is 0 Å². The van der Waals surface area contributed by atoms with Gasteiger partial charge in [-0.15, -0.1) is 0 Å². The van der Waals surface area contributed by atoms with Crippen LogP contribution in [0.1, 0.15) is 6.92 Å². The number of aromatic nitrogens is 1. The lowest BCUT2D eigenvalue weighted by molar-refractivity contribution is -0.122. The summed E-state index contributed by atoms with van der Waals surface area (Å²) in [6.07, 6.45) is -0.859. The van der Waals surface area contributed by atoms with E-state index >= 15 is 0 Å². The van der Waals surface area contributed by atoms with Gasteiger partial charge in [0, 0.05) is 5.02 Å². The molecule has 0 fully saturated rings. The molecule has 4 nitrogen and oxygen atoms in total. The van der Waals surface area contributed by atoms with E-state index in [2.05, 4.69) is 10.3 Å². The van der Waals surface area contributed by atoms with Crippen molar-refractivity contribution in [2.75, 3.05) is 5.32 Å². The Balaban J connectivity index is 1.71. The van der Waals surface area contributed by atoms with Crippen molar-refractivity contribution in [1.29, 1.82) is 0 Å². The number of halogens is 2. The van der Waals surface area contributed by atoms with Gasteiger partial charge in [0.05, 0.1) is 10.2 Å². The van der Waals surface area contributed by atoms with Crippen molar-refractivity contribution in [1.82, 2.24) is 4.98 Å². The molecular weight excluding hydrogens is 339 g/mol. The predicted octanol–water partition coefficient (Wildman–Crippen LogP) is 4.49. The van der Waals surface area contributed by atoms with E-state index in [1.165, 1.54) is 23.5 Å². The molecule has 0 radical (unpaired) electrons. The van der Waals surface area contributed by atoms with Crippen LogP contribution in [0.25, 0.3) is 10.2 Å². The molecule has 7 heteroatoms. The van der Waals surface area contributed by atoms with Gasteiger partial charge in [-0.3, -0.25) is 10.1 Å². The van der Waals surface area contributed by atoms with Crippen LogP contribution < -0.4 is 10.1 Å². The van der Waals surface area contributed by atoms with Gasteiger partial charge in [0.15, 0.2) is 22.8 Å². The zero-order valence-electron chi connectivity index (χ0n) is 12.0. The number of para-hydroxylation sites is 1. The molecule has 23 heavy (non-hydrogen) atoms. The topological polar surface area (TPSA) is 51.2 Å². The number of amides is 1. The Kier molecular flexibility index (Phi) is 4.45. The molecule has 2 aromatic carbocycles. The number of fused-ring (bicyclic) bond motifs is 1. The van der Waals surface area contributed by atoms with Gasteiger partial charge in [-0.25, -0.2) is 9.37 Å². The first-order chi connectivity index (χ1) is 11.0. The summed E-state index contributed by atoms with van der Waals surface area (Å²) in [7, 11) is 0. The molecule has 0 bridgehead atoms. The molecule has 0 saturated heterocycles. The van der Waals surface area contributed by atoms with Crippen molar-refractivity contribution in [3.05, 3.63) is 53.3 Å². The number of carbonyl (C=O) groups excluding carboxylic acids is 1. The van der Waals surface area contributed by atoms with Gasteiger partial charge in [-0.2, -0.15) is 0 Å². The van der Waals surface area contributed by atoms with E-state index < -0.39 is 17.8 Å². The van der Waals surface area contributed by atoms with E-state index in [1.807, 2.05) is 0 Å². The number of thiazole rings is 1. The molecule has 0 saturated carbocycles. The third kappa shape index (κ3) is 3.60. The van der Waals surface area contributed by atoms with Crippen LogP contribution in [0.15, 0.2) is 42.5 Å². The largest absolute Gasteiger partial charge is 0.478 e. The first kappa shape index (κ1) is 15.7. The number of hydrogen-bond donors (Lipinski definition) is 1. The highest BCUT2D eigenvalue weighted by Gasteiger charge is 2.18. The third-order valence-electron chi connectivity index (χ3n) is 3.09. The molecule has 1 N–H and O–H groups in total. The molecule has 118 valence electrons. The number of nitrogens with zero attached hydrogens (tertiary/aromatic N) is 1. The molecule has 0 aliphatic carbocycles. The second kappa shape index (κ2) is 6.52. The standard InChI is InChI=1S/C16H12ClFN2O2S/c1-9(22-13-5-3-2-4-11(13)18)15(21)20-16-19-12-7-6-10(17)8-14(12)23-16/h2-9H,1H3,(H,19,20,21). The van der Waals surface area contributed by atoms with Gasteiger partial charge < -0.3 is 4.74 Å². The second-order valence-electron chi connectivity index (χ2n) is 4.81. The molecule has 1 amide bonds. The van der Waals surface area contributed by atoms with Crippen LogP contribution in [-0.2, 0) is 4.79 Å². The van der Waals surface area contributed by atoms with Crippen molar-refractivity contribution >= 4 is 44.2 Å². The van der Waals surface area contributed by atoms with Crippen LogP contribution in [0.5, 0.6) is 5.75 Å². The molecule has 1 unspecified atom stereocenters. The van der Waals surface area contributed by atoms with E-state index in [9.17, 15) is 9.18 Å². The SMILES string of the molecule is CC(Oc1ccccc1F)C(=O)Nc1nc2ccc(Cl)cc2s1. The summed E-state index contributed by atoms with van der Waals surface area (Å²) in [6, 6.07) is 11.2. The van der Waals surface area contributed by atoms with Crippen molar-refractivity contribution < 1.29 is 13.9 Å². The van der Waals surface area contributed by atoms with Crippen LogP contribution in [0.3, 0.4) is 0 Å². The molecular formula is C16H12ClFN2O2S. The highest BCUT2D eigenvalue weighted by Crippen LogP contribution is 2.28. The molecule has 1 heterocycles. The minimum Gasteiger partial charge on any atom is -0.478 e. The fraction of sp³-hybridized carbons (Fsp3) is 0.125. The van der Waals surface area contributed by atoms with Gasteiger partial charge in [-0.1, -0.05) is 35.1 Å². The fourth-order valence-electron chi connectivity index (χ4n) is 1.94. The van der Waals surface area contributed by atoms with E-state index in [-0.39, 0.29) is 5.75 Å². The number of anilines is 1. The van der Waals surface area contributed by atoms with E-state index in [4.69, 9.17) is 16.3 Å². The first-order valence-corrected chi connectivity index (χ1v) is 8.00. The molecule has 3 aromatic rings. The summed E-state index contributed by atoms with van der Waals surface area (Å²) in [5.41, 5.74) is 0.748. The monoisotopic (exact) mass is 350 g/mol. The maximum absolute atomic E-state index is 13.5. The lowest BCUT2D eigenvalue weighted by Crippen LogP contribution is -2.30. The average Bonchev–Trinajstić information content (AvgIpc) is 2.90. The number of benzene rings is 2. The molecule has 0 spiro atoms. The Hall–Kier alpha value is -2.18. The Morgan fingerprint density at radius 1 is 1.35 bits per heavy atom. The first-order valence-electron chi connectivity index (χ1n) is 6.81. The van der Waals surface area contributed by atoms with Crippen molar-refractivity contribution in [2.24, 2.45) is 0 Å². The molecule has 0 aliphatic heterocycles. The zero-order valence-corrected chi connectivity index (χ0v) is 13.6. The van der Waals surface area contributed by atoms with Gasteiger partial charge in [-0.05, 0) is 37.3 Å². The highest BCUT2D eigenvalue weighted by atomic mass is 35.5. The van der Waals surface area contributed by atoms with Gasteiger partial charge >= 0.3 is 0 Å². The van der Waals surface area contributed by atoms with E-state index in [0.29, 0.717) is 10.2 Å². The number of hydrogen-bond acceptors (Lipinski definition) is 4. The normalized spacial score (nSPS) is 12.1. The summed E-state index contributed by atoms with van der Waals surface area (Å²) in [5, 5.41) is 3.72. The lowest BCUT2D eigenvalue weighted by atomic mass is 10.3. The predicted molar refractivity (Wildman–Crippen MR) is 89.7 cm³/mol. The Morgan fingerprint density at radius 3 is 2.91 bits per heavy atom. The number of carbonyl (C=O) groups is 1. The van der Waals surface area contributed by atoms with E-state index in [0.717, 1.165) is 10.2 Å². The van der Waals surface area contributed by atoms with E-state index in [1.54, 1.807) is 37.3 Å². The summed E-state index contributed by atoms with van der Waals surface area (Å²) in [6.45, 7) is 1.55. The molecule has 0 aliphatic rings. The number of ether oxygens (including phenoxy) is 1. The third-order valence-corrected chi connectivity index (χ3v) is 4.26. The summed E-state index contributed by atoms with van der Waals surface area (Å²) in [4.78, 5) is 16.5. The summed E-state index contributed by atoms with van der Waals surface area (Å²) < 4.78 is 19.7. The van der Waals surface area contributed by atoms with Crippen LogP contribution >= 0.6 is 22.9 Å². The quantitative estimate of drug-likeness (QED) is 0.754. The van der Waals surface area contributed by atoms with Crippen LogP contribution in [0, 0.1) is 5.82 Å². The maximum atomic E-state index is 13.5. The lowest BCUT2D eigenvalue weighted by Gasteiger charge is -2.13. The second-order valence-corrected chi connectivity index (χ2v) is 6.28. The minimum absolute atomic E-state index is 0.0335. The molecule has 1 atom stereocenters. The summed E-state index contributed by atoms with van der Waals surface area (Å²) >= 11 is 7.23. The Bertz CT molecular complexity index is 868. The Labute approximate surface area is 140 Å². The highest BCUT2D eigenvalue weighted by molar-refractivity contribution is 7.22. The number of rotatable bonds is 4. The fourth-order valence-corrected chi connectivity index (χ4v) is 3.09. The van der Waals surface area contributed by atoms with Crippen LogP contribution in [0.4, 0.5) is 9.52 Å². The van der Waals surface area contributed by atoms with Crippen molar-refractivity contribution in [3.63, 3.8) is 0 Å². The van der Waals surface area contributed by atoms with Gasteiger partial charge in [0.25, 0.3) is 5.91 Å². The number of nitrogens with one attached hydrogen (secondary N) is 1. The zero-order chi connectivity index (χ0) is 16.4. The molecule has 1 aromatic heterocycles. The van der Waals surface area contributed by atoms with Crippen molar-refractivity contribution in [2.45, 2.75) is 13.0 Å². The van der Waals surface area contributed by atoms with Gasteiger partial charge in [0.2, 0.25) is 0 Å². The summed E-state index contributed by atoms with van der Waals surface area (Å²) in [5.74, 6) is -0.883. The smallest absolute Gasteiger partial charge is 0.266 e. The maximum Gasteiger partial charge on any atom is 0.266 e. The van der Waals surface area contributed by atoms with Crippen LogP contribution in [-0.4, -0.2) is 17.0 Å². The average molecular weight is 351 g/mol. The van der Waals surface area contributed by atoms with Crippen LogP contribution in [0.2, 0.25) is 5.02 Å². The molecule has 3 rings (SSSR count). The minimum atomic E-state index is -0.859. The Morgan fingerprint density at radius 2 is 2.13 bits per heavy atom. The van der Waals surface area contributed by atoms with Crippen molar-refractivity contribution in [3.8, 4) is 5.75 Å².